The molecule has 4 N–H and O–H groups in total. The molecule has 0 bridgehead atoms. The largest absolute Gasteiger partial charge is 0.488 e. The fraction of sp³-hybridized carbons (Fsp3) is 0.267. The van der Waals surface area contributed by atoms with E-state index in [0.717, 1.165) is 28.9 Å². The van der Waals surface area contributed by atoms with E-state index >= 15 is 0 Å². The van der Waals surface area contributed by atoms with Gasteiger partial charge in [-0.25, -0.2) is 0 Å². The van der Waals surface area contributed by atoms with Crippen molar-refractivity contribution in [2.24, 2.45) is 11.5 Å². The highest BCUT2D eigenvalue weighted by atomic mass is 16.5. The number of benzene rings is 1. The fourth-order valence-electron chi connectivity index (χ4n) is 2.52. The van der Waals surface area contributed by atoms with Crippen LogP contribution >= 0.6 is 0 Å². The zero-order valence-corrected chi connectivity index (χ0v) is 11.2. The van der Waals surface area contributed by atoms with Crippen LogP contribution in [0.2, 0.25) is 0 Å². The van der Waals surface area contributed by atoms with E-state index in [1.54, 1.807) is 12.1 Å². The second kappa shape index (κ2) is 4.68. The number of fused-ring (bicyclic) bond motifs is 1. The van der Waals surface area contributed by atoms with Gasteiger partial charge in [0.25, 0.3) is 5.91 Å². The van der Waals surface area contributed by atoms with Crippen LogP contribution in [0.1, 0.15) is 21.7 Å². The minimum absolute atomic E-state index is 0.00359. The van der Waals surface area contributed by atoms with E-state index in [9.17, 15) is 4.79 Å². The van der Waals surface area contributed by atoms with Crippen molar-refractivity contribution in [1.82, 2.24) is 0 Å². The Hall–Kier alpha value is -2.27. The number of rotatable bonds is 3. The summed E-state index contributed by atoms with van der Waals surface area (Å²) in [7, 11) is 0. The monoisotopic (exact) mass is 272 g/mol. The normalized spacial score (nSPS) is 16.8. The van der Waals surface area contributed by atoms with Crippen molar-refractivity contribution in [2.75, 3.05) is 6.54 Å². The summed E-state index contributed by atoms with van der Waals surface area (Å²) in [6.45, 7) is 2.48. The summed E-state index contributed by atoms with van der Waals surface area (Å²) in [5.74, 6) is 0.928. The minimum Gasteiger partial charge on any atom is -0.488 e. The molecule has 0 saturated heterocycles. The van der Waals surface area contributed by atoms with Crippen molar-refractivity contribution < 1.29 is 13.9 Å². The van der Waals surface area contributed by atoms with E-state index in [-0.39, 0.29) is 11.9 Å². The first-order valence-electron chi connectivity index (χ1n) is 6.48. The second-order valence-electron chi connectivity index (χ2n) is 5.01. The Bertz CT molecular complexity index is 676. The lowest BCUT2D eigenvalue weighted by molar-refractivity contribution is 0.0974. The van der Waals surface area contributed by atoms with Gasteiger partial charge in [-0.2, -0.15) is 0 Å². The Morgan fingerprint density at radius 1 is 1.40 bits per heavy atom. The first-order chi connectivity index (χ1) is 9.58. The highest BCUT2D eigenvalue weighted by Crippen LogP contribution is 2.40. The fourth-order valence-corrected chi connectivity index (χ4v) is 2.52. The summed E-state index contributed by atoms with van der Waals surface area (Å²) < 4.78 is 11.4. The van der Waals surface area contributed by atoms with Crippen molar-refractivity contribution in [3.63, 3.8) is 0 Å². The number of ether oxygens (including phenoxy) is 1. The predicted molar refractivity (Wildman–Crippen MR) is 74.6 cm³/mol. The van der Waals surface area contributed by atoms with Gasteiger partial charge < -0.3 is 20.6 Å². The predicted octanol–water partition coefficient (Wildman–Crippen LogP) is 1.62. The molecule has 104 valence electrons. The molecule has 1 aliphatic heterocycles. The van der Waals surface area contributed by atoms with Crippen molar-refractivity contribution in [3.8, 4) is 17.1 Å². The molecule has 1 atom stereocenters. The number of hydrogen-bond acceptors (Lipinski definition) is 4. The van der Waals surface area contributed by atoms with Crippen molar-refractivity contribution in [3.05, 3.63) is 41.2 Å². The van der Waals surface area contributed by atoms with Crippen molar-refractivity contribution in [2.45, 2.75) is 19.4 Å². The van der Waals surface area contributed by atoms with Crippen LogP contribution in [-0.4, -0.2) is 18.6 Å². The summed E-state index contributed by atoms with van der Waals surface area (Å²) in [4.78, 5) is 11.1. The molecule has 0 fully saturated rings. The molecular weight excluding hydrogens is 256 g/mol. The maximum atomic E-state index is 11.1. The number of primary amides is 1. The smallest absolute Gasteiger partial charge is 0.284 e. The molecule has 2 heterocycles. The number of hydrogen-bond donors (Lipinski definition) is 2. The zero-order valence-electron chi connectivity index (χ0n) is 11.2. The van der Waals surface area contributed by atoms with Crippen LogP contribution in [0, 0.1) is 6.92 Å². The van der Waals surface area contributed by atoms with E-state index in [2.05, 4.69) is 6.07 Å². The average molecular weight is 272 g/mol. The molecule has 0 radical (unpaired) electrons. The van der Waals surface area contributed by atoms with Gasteiger partial charge in [0.15, 0.2) is 5.76 Å². The van der Waals surface area contributed by atoms with Crippen LogP contribution in [0.5, 0.6) is 5.75 Å². The lowest BCUT2D eigenvalue weighted by Crippen LogP contribution is -2.24. The van der Waals surface area contributed by atoms with Crippen LogP contribution in [0.25, 0.3) is 11.3 Å². The number of carbonyl (C=O) groups excluding carboxylic acids is 1. The molecule has 1 unspecified atom stereocenters. The summed E-state index contributed by atoms with van der Waals surface area (Å²) in [6, 6.07) is 7.36. The van der Waals surface area contributed by atoms with Gasteiger partial charge in [0.05, 0.1) is 5.56 Å². The molecule has 1 aromatic heterocycles. The Morgan fingerprint density at radius 2 is 2.20 bits per heavy atom. The van der Waals surface area contributed by atoms with Crippen molar-refractivity contribution in [1.29, 1.82) is 0 Å². The average Bonchev–Trinajstić information content (AvgIpc) is 3.03. The Labute approximate surface area is 116 Å². The standard InChI is InChI=1S/C15H16N2O3/c1-8-4-9-6-10(7-16)19-14(9)11(5-8)12-2-3-13(20-12)15(17)18/h2-5,10H,6-7,16H2,1H3,(H2,17,18). The molecule has 1 aromatic carbocycles. The lowest BCUT2D eigenvalue weighted by atomic mass is 10.0. The molecule has 20 heavy (non-hydrogen) atoms. The van der Waals surface area contributed by atoms with Crippen LogP contribution in [0.3, 0.4) is 0 Å². The Balaban J connectivity index is 2.08. The summed E-state index contributed by atoms with van der Waals surface area (Å²) in [6.07, 6.45) is 0.792. The molecule has 0 spiro atoms. The van der Waals surface area contributed by atoms with E-state index in [0.29, 0.717) is 12.3 Å². The summed E-state index contributed by atoms with van der Waals surface area (Å²) in [5.41, 5.74) is 13.9. The van der Waals surface area contributed by atoms with Crippen LogP contribution in [0.4, 0.5) is 0 Å². The molecule has 0 saturated carbocycles. The second-order valence-corrected chi connectivity index (χ2v) is 5.01. The van der Waals surface area contributed by atoms with Gasteiger partial charge in [-0.3, -0.25) is 4.79 Å². The molecule has 1 aliphatic rings. The molecular formula is C15H16N2O3. The maximum Gasteiger partial charge on any atom is 0.284 e. The number of nitrogens with two attached hydrogens (primary N) is 2. The van der Waals surface area contributed by atoms with E-state index in [1.807, 2.05) is 13.0 Å². The number of amides is 1. The van der Waals surface area contributed by atoms with Gasteiger partial charge in [-0.05, 0) is 36.2 Å². The van der Waals surface area contributed by atoms with Gasteiger partial charge in [-0.1, -0.05) is 6.07 Å². The van der Waals surface area contributed by atoms with Gasteiger partial charge >= 0.3 is 0 Å². The summed E-state index contributed by atoms with van der Waals surface area (Å²) >= 11 is 0. The van der Waals surface area contributed by atoms with Gasteiger partial charge in [0.1, 0.15) is 17.6 Å². The van der Waals surface area contributed by atoms with E-state index < -0.39 is 5.91 Å². The zero-order chi connectivity index (χ0) is 14.3. The van der Waals surface area contributed by atoms with Gasteiger partial charge in [0.2, 0.25) is 0 Å². The number of furan rings is 1. The van der Waals surface area contributed by atoms with Crippen LogP contribution in [-0.2, 0) is 6.42 Å². The molecule has 1 amide bonds. The van der Waals surface area contributed by atoms with E-state index in [1.165, 1.54) is 0 Å². The van der Waals surface area contributed by atoms with Crippen molar-refractivity contribution >= 4 is 5.91 Å². The topological polar surface area (TPSA) is 91.5 Å². The highest BCUT2D eigenvalue weighted by molar-refractivity contribution is 5.90. The quantitative estimate of drug-likeness (QED) is 0.888. The number of carbonyl (C=O) groups is 1. The Kier molecular flexibility index (Phi) is 2.99. The van der Waals surface area contributed by atoms with Crippen LogP contribution < -0.4 is 16.2 Å². The number of aryl methyl sites for hydroxylation is 1. The highest BCUT2D eigenvalue weighted by Gasteiger charge is 2.26. The van der Waals surface area contributed by atoms with Crippen LogP contribution in [0.15, 0.2) is 28.7 Å². The third kappa shape index (κ3) is 2.06. The first kappa shape index (κ1) is 12.7. The maximum absolute atomic E-state index is 11.1. The molecule has 3 rings (SSSR count). The SMILES string of the molecule is Cc1cc2c(c(-c3ccc(C(N)=O)o3)c1)OC(CN)C2. The van der Waals surface area contributed by atoms with Gasteiger partial charge in [0, 0.05) is 13.0 Å². The molecule has 0 aliphatic carbocycles. The third-order valence-electron chi connectivity index (χ3n) is 3.42. The van der Waals surface area contributed by atoms with Gasteiger partial charge in [-0.15, -0.1) is 0 Å². The molecule has 5 nitrogen and oxygen atoms in total. The lowest BCUT2D eigenvalue weighted by Gasteiger charge is -2.10. The summed E-state index contributed by atoms with van der Waals surface area (Å²) in [5, 5.41) is 0. The molecule has 2 aromatic rings. The molecule has 5 heteroatoms. The minimum atomic E-state index is -0.582. The third-order valence-corrected chi connectivity index (χ3v) is 3.42. The first-order valence-corrected chi connectivity index (χ1v) is 6.48. The Morgan fingerprint density at radius 3 is 2.85 bits per heavy atom. The van der Waals surface area contributed by atoms with E-state index in [4.69, 9.17) is 20.6 Å².